The van der Waals surface area contributed by atoms with E-state index in [-0.39, 0.29) is 11.6 Å². The fourth-order valence-corrected chi connectivity index (χ4v) is 2.42. The lowest BCUT2D eigenvalue weighted by Crippen LogP contribution is -2.24. The molecule has 1 aromatic carbocycles. The second kappa shape index (κ2) is 7.73. The van der Waals surface area contributed by atoms with Crippen LogP contribution in [0.5, 0.6) is 0 Å². The van der Waals surface area contributed by atoms with E-state index in [9.17, 15) is 9.59 Å². The molecule has 1 N–H and O–H groups in total. The zero-order valence-electron chi connectivity index (χ0n) is 14.5. The van der Waals surface area contributed by atoms with E-state index >= 15 is 0 Å². The number of esters is 1. The van der Waals surface area contributed by atoms with Gasteiger partial charge in [0.05, 0.1) is 17.9 Å². The van der Waals surface area contributed by atoms with Crippen molar-refractivity contribution in [1.29, 1.82) is 0 Å². The first-order valence-corrected chi connectivity index (χ1v) is 7.91. The molecule has 0 unspecified atom stereocenters. The highest BCUT2D eigenvalue weighted by molar-refractivity contribution is 5.95. The number of aromatic nitrogens is 1. The molecule has 0 aliphatic heterocycles. The largest absolute Gasteiger partial charge is 0.462 e. The number of rotatable bonds is 5. The quantitative estimate of drug-likeness (QED) is 0.857. The maximum atomic E-state index is 12.3. The number of hydrogen-bond donors (Lipinski definition) is 1. The molecule has 0 atom stereocenters. The molecule has 1 amide bonds. The molecule has 0 radical (unpaired) electrons. The number of hydrogen-bond acceptors (Lipinski definition) is 4. The van der Waals surface area contributed by atoms with E-state index in [1.807, 2.05) is 26.0 Å². The number of carbonyl (C=O) groups is 2. The molecule has 0 saturated carbocycles. The second-order valence-electron chi connectivity index (χ2n) is 5.66. The number of benzene rings is 1. The molecule has 0 spiro atoms. The number of nitrogens with one attached hydrogen (secondary N) is 1. The summed E-state index contributed by atoms with van der Waals surface area (Å²) in [5.41, 5.74) is 4.53. The van der Waals surface area contributed by atoms with Crippen molar-refractivity contribution in [2.45, 2.75) is 34.2 Å². The lowest BCUT2D eigenvalue weighted by molar-refractivity contribution is 0.0524. The Kier molecular flexibility index (Phi) is 5.68. The van der Waals surface area contributed by atoms with Gasteiger partial charge in [-0.15, -0.1) is 0 Å². The molecular formula is C19H22N2O3. The van der Waals surface area contributed by atoms with Crippen molar-refractivity contribution in [1.82, 2.24) is 10.3 Å². The van der Waals surface area contributed by atoms with Crippen molar-refractivity contribution in [3.05, 3.63) is 64.0 Å². The predicted octanol–water partition coefficient (Wildman–Crippen LogP) is 3.11. The van der Waals surface area contributed by atoms with E-state index in [1.165, 1.54) is 11.6 Å². The monoisotopic (exact) mass is 326 g/mol. The summed E-state index contributed by atoms with van der Waals surface area (Å²) in [5.74, 6) is -0.696. The van der Waals surface area contributed by atoms with Gasteiger partial charge in [-0.1, -0.05) is 23.8 Å². The normalized spacial score (nSPS) is 10.3. The Balaban J connectivity index is 2.07. The maximum absolute atomic E-state index is 12.3. The van der Waals surface area contributed by atoms with Crippen LogP contribution in [-0.4, -0.2) is 23.5 Å². The number of ether oxygens (including phenoxy) is 1. The van der Waals surface area contributed by atoms with Crippen LogP contribution in [-0.2, 0) is 11.3 Å². The van der Waals surface area contributed by atoms with E-state index in [4.69, 9.17) is 4.74 Å². The number of amides is 1. The number of carbonyl (C=O) groups excluding carboxylic acids is 2. The smallest absolute Gasteiger partial charge is 0.339 e. The van der Waals surface area contributed by atoms with Gasteiger partial charge in [-0.3, -0.25) is 4.79 Å². The Morgan fingerprint density at radius 3 is 2.50 bits per heavy atom. The molecule has 5 nitrogen and oxygen atoms in total. The van der Waals surface area contributed by atoms with Gasteiger partial charge in [-0.25, -0.2) is 9.78 Å². The fraction of sp³-hybridized carbons (Fsp3) is 0.316. The number of nitrogens with zero attached hydrogens (tertiary/aromatic N) is 1. The van der Waals surface area contributed by atoms with Crippen molar-refractivity contribution >= 4 is 11.9 Å². The maximum Gasteiger partial charge on any atom is 0.339 e. The first-order chi connectivity index (χ1) is 11.4. The van der Waals surface area contributed by atoms with Crippen LogP contribution in [0.4, 0.5) is 0 Å². The van der Waals surface area contributed by atoms with Gasteiger partial charge in [-0.05, 0) is 51.0 Å². The van der Waals surface area contributed by atoms with Gasteiger partial charge < -0.3 is 10.1 Å². The minimum absolute atomic E-state index is 0.270. The van der Waals surface area contributed by atoms with E-state index in [0.717, 1.165) is 11.1 Å². The average molecular weight is 326 g/mol. The molecule has 1 aromatic heterocycles. The summed E-state index contributed by atoms with van der Waals surface area (Å²) < 4.78 is 4.96. The number of aryl methyl sites for hydroxylation is 3. The molecule has 5 heteroatoms. The van der Waals surface area contributed by atoms with Gasteiger partial charge in [0.1, 0.15) is 5.69 Å². The summed E-state index contributed by atoms with van der Waals surface area (Å²) in [5, 5.41) is 2.86. The summed E-state index contributed by atoms with van der Waals surface area (Å²) in [6, 6.07) is 9.22. The third-order valence-corrected chi connectivity index (χ3v) is 3.75. The zero-order chi connectivity index (χ0) is 17.7. The van der Waals surface area contributed by atoms with Gasteiger partial charge in [-0.2, -0.15) is 0 Å². The van der Waals surface area contributed by atoms with Crippen LogP contribution in [0, 0.1) is 20.8 Å². The third-order valence-electron chi connectivity index (χ3n) is 3.75. The van der Waals surface area contributed by atoms with Gasteiger partial charge in [0.2, 0.25) is 0 Å². The van der Waals surface area contributed by atoms with Crippen molar-refractivity contribution in [3.8, 4) is 0 Å². The molecule has 126 valence electrons. The van der Waals surface area contributed by atoms with Crippen LogP contribution >= 0.6 is 0 Å². The Morgan fingerprint density at radius 2 is 1.88 bits per heavy atom. The molecule has 1 heterocycles. The molecule has 2 rings (SSSR count). The van der Waals surface area contributed by atoms with Gasteiger partial charge in [0.25, 0.3) is 5.91 Å². The molecule has 0 fully saturated rings. The van der Waals surface area contributed by atoms with Crippen molar-refractivity contribution in [2.75, 3.05) is 6.61 Å². The van der Waals surface area contributed by atoms with Crippen molar-refractivity contribution < 1.29 is 14.3 Å². The van der Waals surface area contributed by atoms with Crippen LogP contribution in [0.2, 0.25) is 0 Å². The Hall–Kier alpha value is -2.69. The third kappa shape index (κ3) is 4.19. The highest BCUT2D eigenvalue weighted by atomic mass is 16.5. The van der Waals surface area contributed by atoms with E-state index in [2.05, 4.69) is 16.4 Å². The average Bonchev–Trinajstić information content (AvgIpc) is 2.53. The lowest BCUT2D eigenvalue weighted by atomic mass is 10.1. The highest BCUT2D eigenvalue weighted by Crippen LogP contribution is 2.11. The molecule has 2 aromatic rings. The summed E-state index contributed by atoms with van der Waals surface area (Å²) in [4.78, 5) is 28.2. The Labute approximate surface area is 142 Å². The molecule has 0 aliphatic rings. The Bertz CT molecular complexity index is 769. The van der Waals surface area contributed by atoms with Crippen LogP contribution < -0.4 is 5.32 Å². The highest BCUT2D eigenvalue weighted by Gasteiger charge is 2.14. The molecular weight excluding hydrogens is 304 g/mol. The van der Waals surface area contributed by atoms with Gasteiger partial charge in [0.15, 0.2) is 0 Å². The first kappa shape index (κ1) is 17.7. The lowest BCUT2D eigenvalue weighted by Gasteiger charge is -2.10. The fourth-order valence-electron chi connectivity index (χ4n) is 2.42. The van der Waals surface area contributed by atoms with Crippen LogP contribution in [0.15, 0.2) is 30.3 Å². The van der Waals surface area contributed by atoms with Crippen LogP contribution in [0.1, 0.15) is 50.2 Å². The second-order valence-corrected chi connectivity index (χ2v) is 5.66. The van der Waals surface area contributed by atoms with Crippen molar-refractivity contribution in [2.24, 2.45) is 0 Å². The molecule has 0 bridgehead atoms. The SMILES string of the molecule is CCOC(=O)c1ccc(C(=O)NCc2ccc(C)cc2C)nc1C. The van der Waals surface area contributed by atoms with E-state index < -0.39 is 5.97 Å². The standard InChI is InChI=1S/C19H22N2O3/c1-5-24-19(23)16-8-9-17(21-14(16)4)18(22)20-11-15-7-6-12(2)10-13(15)3/h6-10H,5,11H2,1-4H3,(H,20,22). The van der Waals surface area contributed by atoms with Gasteiger partial charge in [0, 0.05) is 6.54 Å². The number of pyridine rings is 1. The zero-order valence-corrected chi connectivity index (χ0v) is 14.5. The first-order valence-electron chi connectivity index (χ1n) is 7.91. The summed E-state index contributed by atoms with van der Waals surface area (Å²) in [6.07, 6.45) is 0. The molecule has 0 aliphatic carbocycles. The topological polar surface area (TPSA) is 68.3 Å². The van der Waals surface area contributed by atoms with Crippen LogP contribution in [0.25, 0.3) is 0 Å². The van der Waals surface area contributed by atoms with E-state index in [0.29, 0.717) is 24.4 Å². The minimum Gasteiger partial charge on any atom is -0.462 e. The predicted molar refractivity (Wildman–Crippen MR) is 92.0 cm³/mol. The molecule has 24 heavy (non-hydrogen) atoms. The Morgan fingerprint density at radius 1 is 1.12 bits per heavy atom. The van der Waals surface area contributed by atoms with Crippen molar-refractivity contribution in [3.63, 3.8) is 0 Å². The van der Waals surface area contributed by atoms with Crippen LogP contribution in [0.3, 0.4) is 0 Å². The summed E-state index contributed by atoms with van der Waals surface area (Å²) in [7, 11) is 0. The summed E-state index contributed by atoms with van der Waals surface area (Å²) >= 11 is 0. The molecule has 0 saturated heterocycles. The van der Waals surface area contributed by atoms with Gasteiger partial charge >= 0.3 is 5.97 Å². The minimum atomic E-state index is -0.426. The van der Waals surface area contributed by atoms with E-state index in [1.54, 1.807) is 19.9 Å². The summed E-state index contributed by atoms with van der Waals surface area (Å²) in [6.45, 7) is 8.22.